The van der Waals surface area contributed by atoms with Crippen LogP contribution >= 0.6 is 0 Å². The third-order valence-corrected chi connectivity index (χ3v) is 9.43. The van der Waals surface area contributed by atoms with E-state index in [9.17, 15) is 24.0 Å². The Kier molecular flexibility index (Phi) is 48.1. The van der Waals surface area contributed by atoms with Gasteiger partial charge in [0.25, 0.3) is 0 Å². The maximum atomic E-state index is 11.4. The van der Waals surface area contributed by atoms with Gasteiger partial charge in [0.2, 0.25) is 0 Å². The first-order chi connectivity index (χ1) is 37.4. The minimum Gasteiger partial charge on any atom is -0.492 e. The summed E-state index contributed by atoms with van der Waals surface area (Å²) in [5, 5.41) is 0. The standard InChI is InChI=1S/C53H84O24/c1-8-46(7)72-32-26-59-14-20-65-38-52(39-66-21-15-60-27-33-73-47(54)9-2,40-67-22-16-61-28-34-74-48(55)10-3)44-71-45-53(41-68-23-17-62-29-35-75-49(56)11-4,42-69-24-18-63-30-36-76-50(57)12-5)43-70-25-19-64-31-37-77-51(58)13-6/h8-13H,1-7,14-45H2. The van der Waals surface area contributed by atoms with E-state index in [0.717, 1.165) is 30.4 Å². The highest BCUT2D eigenvalue weighted by molar-refractivity contribution is 5.82. The van der Waals surface area contributed by atoms with Crippen molar-refractivity contribution in [2.24, 2.45) is 10.8 Å². The molecule has 0 radical (unpaired) electrons. The second-order valence-corrected chi connectivity index (χ2v) is 15.9. The van der Waals surface area contributed by atoms with E-state index in [0.29, 0.717) is 5.76 Å². The minimum absolute atomic E-state index is 0.00451. The van der Waals surface area contributed by atoms with Crippen LogP contribution in [0.3, 0.4) is 0 Å². The zero-order chi connectivity index (χ0) is 56.8. The van der Waals surface area contributed by atoms with Gasteiger partial charge in [-0.25, -0.2) is 24.0 Å². The van der Waals surface area contributed by atoms with Gasteiger partial charge in [-0.3, -0.25) is 0 Å². The van der Waals surface area contributed by atoms with Gasteiger partial charge in [0.1, 0.15) is 45.4 Å². The molecule has 0 bridgehead atoms. The molecule has 0 aliphatic carbocycles. The zero-order valence-electron chi connectivity index (χ0n) is 44.8. The van der Waals surface area contributed by atoms with Gasteiger partial charge in [0, 0.05) is 30.4 Å². The molecule has 24 heteroatoms. The molecule has 0 aliphatic heterocycles. The average Bonchev–Trinajstić information content (AvgIpc) is 3.44. The molecule has 0 rings (SSSR count). The quantitative estimate of drug-likeness (QED) is 0.0212. The molecule has 0 spiro atoms. The lowest BCUT2D eigenvalue weighted by molar-refractivity contribution is -0.151. The Bertz CT molecular complexity index is 1340. The average molecular weight is 1110 g/mol. The monoisotopic (exact) mass is 1100 g/mol. The molecule has 0 unspecified atom stereocenters. The van der Waals surface area contributed by atoms with Gasteiger partial charge < -0.3 is 90.0 Å². The topological polar surface area (TPSA) is 261 Å². The van der Waals surface area contributed by atoms with Crippen LogP contribution in [-0.2, 0) is 114 Å². The van der Waals surface area contributed by atoms with E-state index in [1.807, 2.05) is 0 Å². The molecule has 0 aromatic heterocycles. The van der Waals surface area contributed by atoms with Crippen molar-refractivity contribution in [3.05, 3.63) is 88.3 Å². The lowest BCUT2D eigenvalue weighted by Gasteiger charge is -2.37. The number of carbonyl (C=O) groups excluding carboxylic acids is 5. The van der Waals surface area contributed by atoms with Crippen LogP contribution in [0.1, 0.15) is 0 Å². The zero-order valence-corrected chi connectivity index (χ0v) is 44.8. The van der Waals surface area contributed by atoms with Crippen molar-refractivity contribution in [3.8, 4) is 0 Å². The normalized spacial score (nSPS) is 11.2. The lowest BCUT2D eigenvalue weighted by atomic mass is 9.90. The fourth-order valence-corrected chi connectivity index (χ4v) is 5.63. The third-order valence-electron chi connectivity index (χ3n) is 9.43. The second-order valence-electron chi connectivity index (χ2n) is 15.9. The largest absolute Gasteiger partial charge is 0.492 e. The second kappa shape index (κ2) is 51.6. The summed E-state index contributed by atoms with van der Waals surface area (Å²) in [5.74, 6) is -2.43. The Morgan fingerprint density at radius 2 is 0.403 bits per heavy atom. The fraction of sp³-hybridized carbons (Fsp3) is 0.642. The van der Waals surface area contributed by atoms with E-state index >= 15 is 0 Å². The van der Waals surface area contributed by atoms with Gasteiger partial charge in [0.15, 0.2) is 0 Å². The Hall–Kier alpha value is -5.19. The molecule has 0 amide bonds. The number of carbonyl (C=O) groups is 5. The first kappa shape index (κ1) is 71.8. The highest BCUT2D eigenvalue weighted by atomic mass is 16.6. The number of allylic oxidation sites excluding steroid dienone is 1. The van der Waals surface area contributed by atoms with Crippen LogP contribution in [0.4, 0.5) is 0 Å². The summed E-state index contributed by atoms with van der Waals surface area (Å²) in [6.45, 7) is 27.6. The molecule has 0 aromatic carbocycles. The highest BCUT2D eigenvalue weighted by Gasteiger charge is 2.37. The molecule has 0 heterocycles. The lowest BCUT2D eigenvalue weighted by Crippen LogP contribution is -2.46. The molecule has 0 aromatic rings. The molecule has 24 nitrogen and oxygen atoms in total. The van der Waals surface area contributed by atoms with E-state index in [2.05, 4.69) is 46.1 Å². The maximum Gasteiger partial charge on any atom is 0.330 e. The SMILES string of the molecule is C=CC(=C)OCCOCCOCC(COCCOCCOC(=O)C=C)(COCCOCCOC(=O)C=C)COCC(COCCOCCOC(=O)C=C)(COCCOCCOC(=O)C=C)COCCOCCOC(=O)C=C. The van der Waals surface area contributed by atoms with Gasteiger partial charge in [0.05, 0.1) is 183 Å². The van der Waals surface area contributed by atoms with Crippen molar-refractivity contribution in [1.82, 2.24) is 0 Å². The molecular weight excluding hydrogens is 1020 g/mol. The van der Waals surface area contributed by atoms with E-state index in [1.165, 1.54) is 6.08 Å². The Labute approximate surface area is 453 Å². The Morgan fingerprint density at radius 3 is 0.597 bits per heavy atom. The molecular formula is C53H84O24. The van der Waals surface area contributed by atoms with Crippen molar-refractivity contribution in [1.29, 1.82) is 0 Å². The van der Waals surface area contributed by atoms with Gasteiger partial charge in [-0.05, 0) is 6.08 Å². The van der Waals surface area contributed by atoms with Gasteiger partial charge in [-0.2, -0.15) is 0 Å². The van der Waals surface area contributed by atoms with Gasteiger partial charge in [-0.15, -0.1) is 0 Å². The maximum absolute atomic E-state index is 11.4. The summed E-state index contributed by atoms with van der Waals surface area (Å²) in [7, 11) is 0. The Morgan fingerprint density at radius 1 is 0.234 bits per heavy atom. The molecule has 0 atom stereocenters. The highest BCUT2D eigenvalue weighted by Crippen LogP contribution is 2.26. The summed E-state index contributed by atoms with van der Waals surface area (Å²) < 4.78 is 108. The van der Waals surface area contributed by atoms with Crippen LogP contribution in [0.5, 0.6) is 0 Å². The summed E-state index contributed by atoms with van der Waals surface area (Å²) in [4.78, 5) is 57.2. The molecule has 0 saturated heterocycles. The molecule has 77 heavy (non-hydrogen) atoms. The van der Waals surface area contributed by atoms with Crippen molar-refractivity contribution in [2.45, 2.75) is 0 Å². The fourth-order valence-electron chi connectivity index (χ4n) is 5.63. The number of rotatable bonds is 59. The summed E-state index contributed by atoms with van der Waals surface area (Å²) in [6, 6.07) is 0. The van der Waals surface area contributed by atoms with Crippen LogP contribution in [0.2, 0.25) is 0 Å². The van der Waals surface area contributed by atoms with E-state index in [-0.39, 0.29) is 211 Å². The molecule has 0 aliphatic rings. The van der Waals surface area contributed by atoms with Crippen molar-refractivity contribution in [2.75, 3.05) is 211 Å². The first-order valence-corrected chi connectivity index (χ1v) is 24.8. The predicted octanol–water partition coefficient (Wildman–Crippen LogP) is 2.54. The molecule has 440 valence electrons. The number of esters is 5. The van der Waals surface area contributed by atoms with Crippen LogP contribution in [-0.4, -0.2) is 241 Å². The van der Waals surface area contributed by atoms with Crippen LogP contribution in [0.15, 0.2) is 88.3 Å². The van der Waals surface area contributed by atoms with E-state index < -0.39 is 40.7 Å². The number of ether oxygens (including phenoxy) is 19. The van der Waals surface area contributed by atoms with Crippen molar-refractivity contribution >= 4 is 29.8 Å². The van der Waals surface area contributed by atoms with E-state index in [1.54, 1.807) is 0 Å². The van der Waals surface area contributed by atoms with Crippen LogP contribution in [0, 0.1) is 10.8 Å². The van der Waals surface area contributed by atoms with Gasteiger partial charge >= 0.3 is 29.8 Å². The third kappa shape index (κ3) is 44.5. The molecule has 0 fully saturated rings. The number of hydrogen-bond donors (Lipinski definition) is 0. The Balaban J connectivity index is 6.56. The van der Waals surface area contributed by atoms with Crippen LogP contribution < -0.4 is 0 Å². The predicted molar refractivity (Wildman–Crippen MR) is 277 cm³/mol. The smallest absolute Gasteiger partial charge is 0.330 e. The van der Waals surface area contributed by atoms with E-state index in [4.69, 9.17) is 90.0 Å². The minimum atomic E-state index is -0.995. The number of hydrogen-bond acceptors (Lipinski definition) is 24. The molecule has 0 N–H and O–H groups in total. The summed E-state index contributed by atoms with van der Waals surface area (Å²) in [5.41, 5.74) is -1.97. The van der Waals surface area contributed by atoms with Crippen LogP contribution in [0.25, 0.3) is 0 Å². The van der Waals surface area contributed by atoms with Crippen molar-refractivity contribution in [3.63, 3.8) is 0 Å². The summed E-state index contributed by atoms with van der Waals surface area (Å²) >= 11 is 0. The van der Waals surface area contributed by atoms with Gasteiger partial charge in [-0.1, -0.05) is 46.1 Å². The first-order valence-electron chi connectivity index (χ1n) is 24.8. The molecule has 0 saturated carbocycles. The van der Waals surface area contributed by atoms with Crippen molar-refractivity contribution < 1.29 is 114 Å². The summed E-state index contributed by atoms with van der Waals surface area (Å²) in [6.07, 6.45) is 6.79.